The van der Waals surface area contributed by atoms with Crippen LogP contribution < -0.4 is 21.7 Å². The number of rotatable bonds is 8. The van der Waals surface area contributed by atoms with Crippen LogP contribution in [0.25, 0.3) is 0 Å². The van der Waals surface area contributed by atoms with E-state index in [2.05, 4.69) is 31.7 Å². The van der Waals surface area contributed by atoms with Gasteiger partial charge in [-0.05, 0) is 36.4 Å². The highest BCUT2D eigenvalue weighted by Gasteiger charge is 2.24. The smallest absolute Gasteiger partial charge is 0.276 e. The summed E-state index contributed by atoms with van der Waals surface area (Å²) in [7, 11) is 0. The number of hydrogen-bond donors (Lipinski definition) is 4. The van der Waals surface area contributed by atoms with Gasteiger partial charge in [0.1, 0.15) is 17.2 Å². The summed E-state index contributed by atoms with van der Waals surface area (Å²) in [4.78, 5) is 52.7. The zero-order valence-corrected chi connectivity index (χ0v) is 17.4. The largest absolute Gasteiger partial charge is 0.356 e. The Morgan fingerprint density at radius 2 is 1.38 bits per heavy atom. The lowest BCUT2D eigenvalue weighted by molar-refractivity contribution is -0.384. The van der Waals surface area contributed by atoms with Gasteiger partial charge >= 0.3 is 5.69 Å². The molecule has 0 radical (unpaired) electrons. The monoisotopic (exact) mass is 490 g/mol. The summed E-state index contributed by atoms with van der Waals surface area (Å²) < 4.78 is 13.0. The number of hydrogen-bond acceptors (Lipinski definition) is 10. The number of nitro benzene ring substituents is 1. The third-order valence-corrected chi connectivity index (χ3v) is 4.42. The zero-order chi connectivity index (χ0) is 24.8. The minimum absolute atomic E-state index is 0.0632. The van der Waals surface area contributed by atoms with Crippen LogP contribution in [0.3, 0.4) is 0 Å². The Labute approximate surface area is 193 Å². The molecule has 0 aliphatic heterocycles. The molecule has 0 atom stereocenters. The molecule has 0 aliphatic carbocycles. The Morgan fingerprint density at radius 3 is 1.91 bits per heavy atom. The lowest BCUT2D eigenvalue weighted by atomic mass is 10.2. The Hall–Kier alpha value is -4.92. The van der Waals surface area contributed by atoms with Gasteiger partial charge in [0, 0.05) is 17.2 Å². The van der Waals surface area contributed by atoms with E-state index in [0.717, 1.165) is 30.6 Å². The van der Waals surface area contributed by atoms with Crippen molar-refractivity contribution >= 4 is 46.4 Å². The van der Waals surface area contributed by atoms with Crippen molar-refractivity contribution < 1.29 is 23.8 Å². The highest BCUT2D eigenvalue weighted by Crippen LogP contribution is 2.28. The van der Waals surface area contributed by atoms with Crippen LogP contribution in [0, 0.1) is 26.0 Å². The number of hydrazine groups is 2. The van der Waals surface area contributed by atoms with Crippen molar-refractivity contribution in [2.45, 2.75) is 0 Å². The molecule has 0 fully saturated rings. The lowest BCUT2D eigenvalue weighted by Gasteiger charge is -2.11. The lowest BCUT2D eigenvalue weighted by Crippen LogP contribution is -2.32. The van der Waals surface area contributed by atoms with Crippen LogP contribution in [-0.2, 0) is 0 Å². The van der Waals surface area contributed by atoms with Crippen LogP contribution in [0.5, 0.6) is 0 Å². The number of halogens is 2. The molecule has 34 heavy (non-hydrogen) atoms. The van der Waals surface area contributed by atoms with E-state index in [-0.39, 0.29) is 16.1 Å². The maximum Gasteiger partial charge on any atom is 0.356 e. The molecular weight excluding hydrogens is 479 g/mol. The number of nitro groups is 2. The van der Waals surface area contributed by atoms with Gasteiger partial charge in [0.05, 0.1) is 9.85 Å². The molecular formula is C18H12ClFN8O6. The molecule has 3 rings (SSSR count). The average Bonchev–Trinajstić information content (AvgIpc) is 2.81. The van der Waals surface area contributed by atoms with E-state index in [1.165, 1.54) is 18.2 Å². The van der Waals surface area contributed by atoms with E-state index in [4.69, 9.17) is 11.6 Å². The first kappa shape index (κ1) is 23.7. The molecule has 0 saturated heterocycles. The third kappa shape index (κ3) is 5.46. The van der Waals surface area contributed by atoms with Crippen molar-refractivity contribution in [3.63, 3.8) is 0 Å². The summed E-state index contributed by atoms with van der Waals surface area (Å²) in [5, 5.41) is 22.4. The summed E-state index contributed by atoms with van der Waals surface area (Å²) in [6.45, 7) is 0. The van der Waals surface area contributed by atoms with Gasteiger partial charge in [-0.25, -0.2) is 14.4 Å². The summed E-state index contributed by atoms with van der Waals surface area (Å²) in [5.74, 6) is -3.07. The number of nitrogens with one attached hydrogen (secondary N) is 4. The Balaban J connectivity index is 1.74. The van der Waals surface area contributed by atoms with Gasteiger partial charge in [-0.3, -0.25) is 51.5 Å². The first-order chi connectivity index (χ1) is 16.2. The molecule has 4 N–H and O–H groups in total. The fraction of sp³-hybridized carbons (Fsp3) is 0. The molecule has 0 saturated carbocycles. The summed E-state index contributed by atoms with van der Waals surface area (Å²) in [6, 6.07) is 7.79. The number of nitrogens with zero attached hydrogens (tertiary/aromatic N) is 4. The van der Waals surface area contributed by atoms with E-state index in [9.17, 15) is 34.2 Å². The van der Waals surface area contributed by atoms with E-state index in [1.54, 1.807) is 0 Å². The molecule has 1 aromatic heterocycles. The van der Waals surface area contributed by atoms with Gasteiger partial charge in [0.25, 0.3) is 17.5 Å². The number of anilines is 2. The van der Waals surface area contributed by atoms with Crippen LogP contribution in [-0.4, -0.2) is 31.6 Å². The van der Waals surface area contributed by atoms with E-state index in [1.807, 2.05) is 0 Å². The van der Waals surface area contributed by atoms with Crippen molar-refractivity contribution in [3.05, 3.63) is 91.0 Å². The Kier molecular flexibility index (Phi) is 7.07. The second-order valence-corrected chi connectivity index (χ2v) is 6.67. The first-order valence-corrected chi connectivity index (χ1v) is 9.36. The normalized spacial score (nSPS) is 10.2. The number of carbonyl (C=O) groups excluding carboxylic acids is 2. The van der Waals surface area contributed by atoms with E-state index < -0.39 is 50.5 Å². The van der Waals surface area contributed by atoms with Gasteiger partial charge in [-0.2, -0.15) is 0 Å². The quantitative estimate of drug-likeness (QED) is 0.269. The second-order valence-electron chi connectivity index (χ2n) is 6.27. The van der Waals surface area contributed by atoms with Gasteiger partial charge in [0.15, 0.2) is 0 Å². The first-order valence-electron chi connectivity index (χ1n) is 8.99. The zero-order valence-electron chi connectivity index (χ0n) is 16.6. The minimum Gasteiger partial charge on any atom is -0.276 e. The van der Waals surface area contributed by atoms with Crippen molar-refractivity contribution in [1.82, 2.24) is 20.8 Å². The average molecular weight is 491 g/mol. The number of amides is 2. The van der Waals surface area contributed by atoms with Gasteiger partial charge in [-0.1, -0.05) is 11.6 Å². The van der Waals surface area contributed by atoms with Crippen molar-refractivity contribution in [2.75, 3.05) is 10.9 Å². The standard InChI is InChI=1S/C18H12ClFN8O6/c19-12-6-3-10(7-13(12)27(31)32)18(30)26-24-16-14(28(33)34)15(21-8-22-16)23-25-17(29)9-1-4-11(20)5-2-9/h1-8H,(H,25,29)(H,26,30)(H2,21,22,23,24). The molecule has 174 valence electrons. The Bertz CT molecular complexity index is 1290. The predicted octanol–water partition coefficient (Wildman–Crippen LogP) is 2.60. The molecule has 16 heteroatoms. The summed E-state index contributed by atoms with van der Waals surface area (Å²) in [5.41, 5.74) is 7.44. The van der Waals surface area contributed by atoms with E-state index >= 15 is 0 Å². The molecule has 0 aliphatic rings. The summed E-state index contributed by atoms with van der Waals surface area (Å²) >= 11 is 5.71. The van der Waals surface area contributed by atoms with Crippen molar-refractivity contribution in [2.24, 2.45) is 0 Å². The number of aromatic nitrogens is 2. The minimum atomic E-state index is -0.883. The third-order valence-electron chi connectivity index (χ3n) is 4.11. The molecule has 0 spiro atoms. The maximum atomic E-state index is 13.0. The molecule has 14 nitrogen and oxygen atoms in total. The van der Waals surface area contributed by atoms with Crippen LogP contribution in [0.4, 0.5) is 27.4 Å². The van der Waals surface area contributed by atoms with Crippen molar-refractivity contribution in [3.8, 4) is 0 Å². The van der Waals surface area contributed by atoms with Crippen LogP contribution >= 0.6 is 11.6 Å². The summed E-state index contributed by atoms with van der Waals surface area (Å²) in [6.07, 6.45) is 0.904. The maximum absolute atomic E-state index is 13.0. The second kappa shape index (κ2) is 10.1. The number of carbonyl (C=O) groups is 2. The highest BCUT2D eigenvalue weighted by atomic mass is 35.5. The Morgan fingerprint density at radius 1 is 0.853 bits per heavy atom. The SMILES string of the molecule is O=C(NNc1ncnc(NNC(=O)c2ccc(Cl)c([N+](=O)[O-])c2)c1[N+](=O)[O-])c1ccc(F)cc1. The van der Waals surface area contributed by atoms with Gasteiger partial charge in [0.2, 0.25) is 11.6 Å². The topological polar surface area (TPSA) is 194 Å². The molecule has 1 heterocycles. The van der Waals surface area contributed by atoms with Crippen LogP contribution in [0.1, 0.15) is 20.7 Å². The van der Waals surface area contributed by atoms with Crippen LogP contribution in [0.15, 0.2) is 48.8 Å². The number of benzene rings is 2. The fourth-order valence-electron chi connectivity index (χ4n) is 2.51. The fourth-order valence-corrected chi connectivity index (χ4v) is 2.69. The van der Waals surface area contributed by atoms with Crippen molar-refractivity contribution in [1.29, 1.82) is 0 Å². The predicted molar refractivity (Wildman–Crippen MR) is 115 cm³/mol. The van der Waals surface area contributed by atoms with E-state index in [0.29, 0.717) is 0 Å². The molecule has 0 bridgehead atoms. The molecule has 2 aromatic carbocycles. The van der Waals surface area contributed by atoms with Crippen LogP contribution in [0.2, 0.25) is 5.02 Å². The molecule has 3 aromatic rings. The highest BCUT2D eigenvalue weighted by molar-refractivity contribution is 6.32. The molecule has 2 amide bonds. The van der Waals surface area contributed by atoms with Gasteiger partial charge in [-0.15, -0.1) is 0 Å². The molecule has 0 unspecified atom stereocenters. The van der Waals surface area contributed by atoms with Gasteiger partial charge < -0.3 is 0 Å².